The van der Waals surface area contributed by atoms with Crippen LogP contribution >= 0.6 is 12.2 Å². The largest absolute Gasteiger partial charge is 0.240 e. The van der Waals surface area contributed by atoms with Gasteiger partial charge in [0.05, 0.1) is 0 Å². The number of aliphatic imine (C=N–C) groups is 1. The second-order valence-corrected chi connectivity index (χ2v) is 3.47. The number of thiocarbonyl (C=S) groups is 1. The summed E-state index contributed by atoms with van der Waals surface area (Å²) in [5, 5.41) is 2.48. The molecule has 0 N–H and O–H groups in total. The van der Waals surface area contributed by atoms with E-state index < -0.39 is 0 Å². The Bertz CT molecular complexity index is 238. The van der Waals surface area contributed by atoms with E-state index in [-0.39, 0.29) is 0 Å². The predicted molar refractivity (Wildman–Crippen MR) is 62.2 cm³/mol. The van der Waals surface area contributed by atoms with Gasteiger partial charge in [0.15, 0.2) is 0 Å². The molecule has 3 heteroatoms. The van der Waals surface area contributed by atoms with E-state index in [1.54, 1.807) is 0 Å². The van der Waals surface area contributed by atoms with Crippen LogP contribution in [-0.2, 0) is 4.79 Å². The minimum absolute atomic E-state index is 0.561. The van der Waals surface area contributed by atoms with Gasteiger partial charge in [0.1, 0.15) is 5.70 Å². The van der Waals surface area contributed by atoms with Crippen LogP contribution in [0.3, 0.4) is 0 Å². The number of isocyanates is 1. The Labute approximate surface area is 91.1 Å². The third kappa shape index (κ3) is 7.88. The molecule has 0 saturated carbocycles. The first kappa shape index (κ1) is 13.2. The molecule has 0 spiro atoms. The zero-order valence-electron chi connectivity index (χ0n) is 8.71. The number of nitrogens with zero attached hydrogens (tertiary/aromatic N) is 1. The van der Waals surface area contributed by atoms with Crippen molar-refractivity contribution in [3.63, 3.8) is 0 Å². The molecule has 0 aliphatic rings. The van der Waals surface area contributed by atoms with Crippen LogP contribution < -0.4 is 0 Å². The van der Waals surface area contributed by atoms with Gasteiger partial charge >= 0.3 is 0 Å². The fourth-order valence-electron chi connectivity index (χ4n) is 1.26. The van der Waals surface area contributed by atoms with Crippen molar-refractivity contribution < 1.29 is 4.79 Å². The van der Waals surface area contributed by atoms with E-state index in [1.165, 1.54) is 38.2 Å². The van der Waals surface area contributed by atoms with Crippen molar-refractivity contribution in [2.24, 2.45) is 4.99 Å². The van der Waals surface area contributed by atoms with Crippen LogP contribution in [0.2, 0.25) is 0 Å². The summed E-state index contributed by atoms with van der Waals surface area (Å²) < 4.78 is 0. The lowest BCUT2D eigenvalue weighted by Gasteiger charge is -1.98. The van der Waals surface area contributed by atoms with Gasteiger partial charge in [-0.15, -0.1) is 0 Å². The molecule has 78 valence electrons. The molecule has 2 nitrogen and oxygen atoms in total. The Morgan fingerprint density at radius 3 is 2.43 bits per heavy atom. The normalized spacial score (nSPS) is 8.93. The summed E-state index contributed by atoms with van der Waals surface area (Å²) >= 11 is 4.60. The van der Waals surface area contributed by atoms with E-state index in [2.05, 4.69) is 29.2 Å². The lowest BCUT2D eigenvalue weighted by Crippen LogP contribution is -1.82. The minimum Gasteiger partial charge on any atom is -0.211 e. The van der Waals surface area contributed by atoms with Crippen molar-refractivity contribution in [2.75, 3.05) is 0 Å². The van der Waals surface area contributed by atoms with Crippen LogP contribution in [0.5, 0.6) is 0 Å². The van der Waals surface area contributed by atoms with Gasteiger partial charge in [-0.2, -0.15) is 4.99 Å². The first-order valence-corrected chi connectivity index (χ1v) is 5.57. The van der Waals surface area contributed by atoms with Crippen molar-refractivity contribution in [2.45, 2.75) is 51.9 Å². The van der Waals surface area contributed by atoms with Crippen LogP contribution in [0.4, 0.5) is 0 Å². The molecule has 0 saturated heterocycles. The topological polar surface area (TPSA) is 29.4 Å². The summed E-state index contributed by atoms with van der Waals surface area (Å²) in [6.45, 7) is 2.20. The highest BCUT2D eigenvalue weighted by atomic mass is 32.1. The molecule has 0 heterocycles. The Morgan fingerprint density at radius 2 is 1.86 bits per heavy atom. The maximum absolute atomic E-state index is 9.95. The van der Waals surface area contributed by atoms with Crippen molar-refractivity contribution >= 4 is 23.3 Å². The van der Waals surface area contributed by atoms with Gasteiger partial charge in [-0.05, 0) is 30.1 Å². The van der Waals surface area contributed by atoms with Crippen LogP contribution in [0.15, 0.2) is 10.7 Å². The Hall–Kier alpha value is -0.750. The second kappa shape index (κ2) is 10.3. The molecule has 0 radical (unpaired) electrons. The van der Waals surface area contributed by atoms with Gasteiger partial charge in [-0.1, -0.05) is 39.0 Å². The zero-order valence-corrected chi connectivity index (χ0v) is 9.53. The summed E-state index contributed by atoms with van der Waals surface area (Å²) in [5.41, 5.74) is 0.561. The first-order chi connectivity index (χ1) is 6.85. The number of unbranched alkanes of at least 4 members (excludes halogenated alkanes) is 5. The fourth-order valence-corrected chi connectivity index (χ4v) is 1.41. The van der Waals surface area contributed by atoms with Crippen molar-refractivity contribution in [3.8, 4) is 0 Å². The molecule has 0 fully saturated rings. The van der Waals surface area contributed by atoms with Crippen molar-refractivity contribution in [3.05, 3.63) is 5.70 Å². The second-order valence-electron chi connectivity index (χ2n) is 3.27. The van der Waals surface area contributed by atoms with Crippen LogP contribution in [-0.4, -0.2) is 11.1 Å². The average molecular weight is 211 g/mol. The van der Waals surface area contributed by atoms with Crippen LogP contribution in [0.25, 0.3) is 0 Å². The Balaban J connectivity index is 3.43. The van der Waals surface area contributed by atoms with Crippen molar-refractivity contribution in [1.82, 2.24) is 0 Å². The molecular weight excluding hydrogens is 194 g/mol. The molecule has 0 unspecified atom stereocenters. The van der Waals surface area contributed by atoms with Gasteiger partial charge in [-0.3, -0.25) is 0 Å². The fraction of sp³-hybridized carbons (Fsp3) is 0.727. The summed E-state index contributed by atoms with van der Waals surface area (Å²) in [7, 11) is 0. The van der Waals surface area contributed by atoms with E-state index in [4.69, 9.17) is 0 Å². The third-order valence-electron chi connectivity index (χ3n) is 2.07. The molecule has 0 aliphatic heterocycles. The molecule has 0 aromatic rings. The SMILES string of the molecule is CCCCCCCCC(=C=S)N=C=O. The Kier molecular flexibility index (Phi) is 9.78. The van der Waals surface area contributed by atoms with E-state index in [0.717, 1.165) is 12.8 Å². The summed E-state index contributed by atoms with van der Waals surface area (Å²) in [6.07, 6.45) is 9.58. The molecule has 0 atom stereocenters. The number of rotatable bonds is 8. The maximum atomic E-state index is 9.95. The Morgan fingerprint density at radius 1 is 1.21 bits per heavy atom. The lowest BCUT2D eigenvalue weighted by molar-refractivity contribution is 0.563. The molecule has 14 heavy (non-hydrogen) atoms. The van der Waals surface area contributed by atoms with Crippen LogP contribution in [0.1, 0.15) is 51.9 Å². The zero-order chi connectivity index (χ0) is 10.6. The number of hydrogen-bond acceptors (Lipinski definition) is 3. The molecule has 0 amide bonds. The quantitative estimate of drug-likeness (QED) is 0.266. The molecular formula is C11H17NOS. The third-order valence-corrected chi connectivity index (χ3v) is 2.30. The predicted octanol–water partition coefficient (Wildman–Crippen LogP) is 3.56. The van der Waals surface area contributed by atoms with Gasteiger partial charge in [0.2, 0.25) is 6.08 Å². The standard InChI is InChI=1S/C11H17NOS/c1-2-3-4-5-6-7-8-11(9-14)12-10-13/h2-8H2,1H3. The van der Waals surface area contributed by atoms with Crippen LogP contribution in [0, 0.1) is 0 Å². The number of allylic oxidation sites excluding steroid dienone is 1. The maximum Gasteiger partial charge on any atom is 0.240 e. The lowest BCUT2D eigenvalue weighted by atomic mass is 10.1. The molecule has 0 aromatic heterocycles. The molecule has 0 aliphatic carbocycles. The smallest absolute Gasteiger partial charge is 0.211 e. The van der Waals surface area contributed by atoms with Gasteiger partial charge in [0.25, 0.3) is 0 Å². The minimum atomic E-state index is 0.561. The van der Waals surface area contributed by atoms with Crippen molar-refractivity contribution in [1.29, 1.82) is 0 Å². The van der Waals surface area contributed by atoms with Gasteiger partial charge in [0, 0.05) is 0 Å². The van der Waals surface area contributed by atoms with E-state index >= 15 is 0 Å². The molecule has 0 aromatic carbocycles. The van der Waals surface area contributed by atoms with E-state index in [9.17, 15) is 4.79 Å². The van der Waals surface area contributed by atoms with Gasteiger partial charge in [-0.25, -0.2) is 4.79 Å². The number of hydrogen-bond donors (Lipinski definition) is 0. The summed E-state index contributed by atoms with van der Waals surface area (Å²) in [6, 6.07) is 0. The average Bonchev–Trinajstić information content (AvgIpc) is 2.21. The first-order valence-electron chi connectivity index (χ1n) is 5.17. The highest BCUT2D eigenvalue weighted by molar-refractivity contribution is 7.78. The molecule has 0 rings (SSSR count). The van der Waals surface area contributed by atoms with E-state index in [1.807, 2.05) is 0 Å². The summed E-state index contributed by atoms with van der Waals surface area (Å²) in [4.78, 5) is 13.4. The highest BCUT2D eigenvalue weighted by Gasteiger charge is 1.94. The van der Waals surface area contributed by atoms with E-state index in [0.29, 0.717) is 5.70 Å². The highest BCUT2D eigenvalue weighted by Crippen LogP contribution is 2.10. The summed E-state index contributed by atoms with van der Waals surface area (Å²) in [5.74, 6) is 0. The molecule has 0 bridgehead atoms. The number of carbonyl (C=O) groups excluding carboxylic acids is 1. The monoisotopic (exact) mass is 211 g/mol. The van der Waals surface area contributed by atoms with Gasteiger partial charge < -0.3 is 0 Å².